The summed E-state index contributed by atoms with van der Waals surface area (Å²) in [4.78, 5) is 16.3. The van der Waals surface area contributed by atoms with Crippen molar-refractivity contribution < 1.29 is 4.79 Å². The maximum atomic E-state index is 12.2. The van der Waals surface area contributed by atoms with Gasteiger partial charge in [-0.1, -0.05) is 43.7 Å². The number of carbonyl (C=O) groups excluding carboxylic acids is 1. The van der Waals surface area contributed by atoms with Crippen LogP contribution in [-0.2, 0) is 4.79 Å². The van der Waals surface area contributed by atoms with Crippen LogP contribution in [0.25, 0.3) is 0 Å². The molecule has 0 fully saturated rings. The van der Waals surface area contributed by atoms with E-state index in [0.29, 0.717) is 6.42 Å². The van der Waals surface area contributed by atoms with Crippen molar-refractivity contribution in [1.29, 1.82) is 0 Å². The van der Waals surface area contributed by atoms with E-state index < -0.39 is 6.04 Å². The van der Waals surface area contributed by atoms with Gasteiger partial charge < -0.3 is 11.1 Å². The third-order valence-electron chi connectivity index (χ3n) is 3.40. The van der Waals surface area contributed by atoms with Gasteiger partial charge in [-0.2, -0.15) is 0 Å². The minimum Gasteiger partial charge on any atom is -0.344 e. The minimum absolute atomic E-state index is 0. The van der Waals surface area contributed by atoms with E-state index in [1.54, 1.807) is 12.4 Å². The summed E-state index contributed by atoms with van der Waals surface area (Å²) in [7, 11) is 0. The Hall–Kier alpha value is -1.62. The number of hydrogen-bond acceptors (Lipinski definition) is 3. The summed E-state index contributed by atoms with van der Waals surface area (Å²) in [5.74, 6) is -0.123. The minimum atomic E-state index is -0.469. The average molecular weight is 356 g/mol. The van der Waals surface area contributed by atoms with Crippen LogP contribution in [0, 0.1) is 0 Å². The predicted molar refractivity (Wildman–Crippen MR) is 98.0 cm³/mol. The Morgan fingerprint density at radius 3 is 2.22 bits per heavy atom. The molecular formula is C17H23Cl2N3O. The average Bonchev–Trinajstić information content (AvgIpc) is 2.54. The molecule has 2 atom stereocenters. The first kappa shape index (κ1) is 21.4. The molecule has 0 aliphatic rings. The first-order valence-corrected chi connectivity index (χ1v) is 7.23. The molecule has 0 saturated carbocycles. The van der Waals surface area contributed by atoms with Crippen LogP contribution in [0.4, 0.5) is 0 Å². The number of benzene rings is 1. The molecule has 126 valence electrons. The number of halogens is 2. The summed E-state index contributed by atoms with van der Waals surface area (Å²) in [6, 6.07) is 13.0. The lowest BCUT2D eigenvalue weighted by Crippen LogP contribution is -2.42. The molecule has 3 N–H and O–H groups in total. The van der Waals surface area contributed by atoms with Gasteiger partial charge in [-0.3, -0.25) is 9.78 Å². The van der Waals surface area contributed by atoms with Gasteiger partial charge in [0.15, 0.2) is 0 Å². The molecule has 1 heterocycles. The van der Waals surface area contributed by atoms with Gasteiger partial charge in [0.25, 0.3) is 0 Å². The topological polar surface area (TPSA) is 68.0 Å². The highest BCUT2D eigenvalue weighted by Gasteiger charge is 2.20. The number of aromatic nitrogens is 1. The van der Waals surface area contributed by atoms with E-state index in [-0.39, 0.29) is 36.8 Å². The molecule has 4 nitrogen and oxygen atoms in total. The summed E-state index contributed by atoms with van der Waals surface area (Å²) < 4.78 is 0. The number of nitrogens with one attached hydrogen (secondary N) is 1. The highest BCUT2D eigenvalue weighted by atomic mass is 35.5. The van der Waals surface area contributed by atoms with Crippen LogP contribution in [0.2, 0.25) is 0 Å². The fourth-order valence-electron chi connectivity index (χ4n) is 2.25. The quantitative estimate of drug-likeness (QED) is 0.835. The number of rotatable bonds is 6. The van der Waals surface area contributed by atoms with Crippen LogP contribution in [-0.4, -0.2) is 16.9 Å². The van der Waals surface area contributed by atoms with E-state index >= 15 is 0 Å². The normalized spacial score (nSPS) is 12.3. The molecular weight excluding hydrogens is 333 g/mol. The molecule has 0 aliphatic heterocycles. The first-order valence-electron chi connectivity index (χ1n) is 7.23. The fourth-order valence-corrected chi connectivity index (χ4v) is 2.25. The molecule has 23 heavy (non-hydrogen) atoms. The SMILES string of the molecule is CCCC(N)C(=O)NC(c1ccccc1)c1ccncc1.Cl.Cl. The lowest BCUT2D eigenvalue weighted by Gasteiger charge is -2.21. The first-order chi connectivity index (χ1) is 10.2. The van der Waals surface area contributed by atoms with Gasteiger partial charge in [0.2, 0.25) is 5.91 Å². The molecule has 6 heteroatoms. The van der Waals surface area contributed by atoms with E-state index in [1.165, 1.54) is 0 Å². The molecule has 1 aromatic carbocycles. The standard InChI is InChI=1S/C17H21N3O.2ClH/c1-2-6-15(18)17(21)20-16(13-7-4-3-5-8-13)14-9-11-19-12-10-14;;/h3-5,7-12,15-16H,2,6,18H2,1H3,(H,20,21);2*1H. The van der Waals surface area contributed by atoms with Crippen LogP contribution in [0.15, 0.2) is 54.9 Å². The molecule has 0 bridgehead atoms. The second-order valence-corrected chi connectivity index (χ2v) is 5.03. The molecule has 0 radical (unpaired) electrons. The van der Waals surface area contributed by atoms with Gasteiger partial charge >= 0.3 is 0 Å². The van der Waals surface area contributed by atoms with Crippen molar-refractivity contribution in [3.8, 4) is 0 Å². The number of nitrogens with two attached hydrogens (primary N) is 1. The van der Waals surface area contributed by atoms with Crippen molar-refractivity contribution in [2.45, 2.75) is 31.8 Å². The van der Waals surface area contributed by atoms with E-state index in [9.17, 15) is 4.79 Å². The van der Waals surface area contributed by atoms with Crippen molar-refractivity contribution in [1.82, 2.24) is 10.3 Å². The van der Waals surface area contributed by atoms with Crippen molar-refractivity contribution in [3.63, 3.8) is 0 Å². The summed E-state index contributed by atoms with van der Waals surface area (Å²) in [6.07, 6.45) is 5.02. The number of pyridine rings is 1. The fraction of sp³-hybridized carbons (Fsp3) is 0.294. The Kier molecular flexibility index (Phi) is 10.2. The highest BCUT2D eigenvalue weighted by Crippen LogP contribution is 2.21. The Labute approximate surface area is 149 Å². The number of nitrogens with zero attached hydrogens (tertiary/aromatic N) is 1. The largest absolute Gasteiger partial charge is 0.344 e. The van der Waals surface area contributed by atoms with Crippen molar-refractivity contribution in [2.24, 2.45) is 5.73 Å². The highest BCUT2D eigenvalue weighted by molar-refractivity contribution is 5.85. The van der Waals surface area contributed by atoms with Gasteiger partial charge in [0.1, 0.15) is 0 Å². The van der Waals surface area contributed by atoms with Gasteiger partial charge in [0.05, 0.1) is 12.1 Å². The van der Waals surface area contributed by atoms with Gasteiger partial charge in [-0.15, -0.1) is 24.8 Å². The molecule has 1 amide bonds. The number of amides is 1. The smallest absolute Gasteiger partial charge is 0.237 e. The number of hydrogen-bond donors (Lipinski definition) is 2. The Morgan fingerprint density at radius 1 is 1.09 bits per heavy atom. The van der Waals surface area contributed by atoms with E-state index in [4.69, 9.17) is 5.73 Å². The molecule has 1 aromatic heterocycles. The maximum absolute atomic E-state index is 12.2. The number of carbonyl (C=O) groups is 1. The summed E-state index contributed by atoms with van der Waals surface area (Å²) in [6.45, 7) is 2.02. The van der Waals surface area contributed by atoms with Crippen molar-refractivity contribution in [3.05, 3.63) is 66.0 Å². The third-order valence-corrected chi connectivity index (χ3v) is 3.40. The third kappa shape index (κ3) is 6.18. The molecule has 0 spiro atoms. The zero-order chi connectivity index (χ0) is 15.1. The maximum Gasteiger partial charge on any atom is 0.237 e. The van der Waals surface area contributed by atoms with Crippen LogP contribution < -0.4 is 11.1 Å². The molecule has 2 rings (SSSR count). The molecule has 0 saturated heterocycles. The Bertz CT molecular complexity index is 527. The van der Waals surface area contributed by atoms with Crippen LogP contribution in [0.3, 0.4) is 0 Å². The van der Waals surface area contributed by atoms with Gasteiger partial charge in [0, 0.05) is 12.4 Å². The second kappa shape index (κ2) is 11.0. The van der Waals surface area contributed by atoms with Gasteiger partial charge in [-0.05, 0) is 29.7 Å². The molecule has 2 unspecified atom stereocenters. The van der Waals surface area contributed by atoms with Crippen LogP contribution in [0.5, 0.6) is 0 Å². The predicted octanol–water partition coefficient (Wildman–Crippen LogP) is 3.26. The lowest BCUT2D eigenvalue weighted by atomic mass is 9.99. The molecule has 0 aliphatic carbocycles. The van der Waals surface area contributed by atoms with Crippen molar-refractivity contribution >= 4 is 30.7 Å². The zero-order valence-electron chi connectivity index (χ0n) is 13.0. The lowest BCUT2D eigenvalue weighted by molar-refractivity contribution is -0.123. The summed E-state index contributed by atoms with van der Waals surface area (Å²) >= 11 is 0. The van der Waals surface area contributed by atoms with Crippen LogP contribution in [0.1, 0.15) is 36.9 Å². The van der Waals surface area contributed by atoms with Crippen molar-refractivity contribution in [2.75, 3.05) is 0 Å². The van der Waals surface area contributed by atoms with E-state index in [0.717, 1.165) is 17.5 Å². The second-order valence-electron chi connectivity index (χ2n) is 5.03. The monoisotopic (exact) mass is 355 g/mol. The van der Waals surface area contributed by atoms with Gasteiger partial charge in [-0.25, -0.2) is 0 Å². The van der Waals surface area contributed by atoms with E-state index in [2.05, 4.69) is 10.3 Å². The summed E-state index contributed by atoms with van der Waals surface area (Å²) in [5, 5.41) is 3.04. The van der Waals surface area contributed by atoms with Crippen LogP contribution >= 0.6 is 24.8 Å². The zero-order valence-corrected chi connectivity index (χ0v) is 14.6. The summed E-state index contributed by atoms with van der Waals surface area (Å²) in [5.41, 5.74) is 7.93. The Morgan fingerprint density at radius 2 is 1.65 bits per heavy atom. The molecule has 2 aromatic rings. The van der Waals surface area contributed by atoms with E-state index in [1.807, 2.05) is 49.4 Å². The Balaban J connectivity index is 0.00000242.